The Labute approximate surface area is 175 Å². The first-order chi connectivity index (χ1) is 9.72. The van der Waals surface area contributed by atoms with E-state index in [0.29, 0.717) is 10.7 Å². The number of nitrogens with zero attached hydrogens (tertiary/aromatic N) is 2. The van der Waals surface area contributed by atoms with Crippen molar-refractivity contribution in [2.45, 2.75) is 51.1 Å². The Hall–Kier alpha value is 0.820. The molecule has 7 heteroatoms. The Morgan fingerprint density at radius 1 is 1.09 bits per heavy atom. The molecule has 0 aliphatic carbocycles. The van der Waals surface area contributed by atoms with Crippen LogP contribution in [0.4, 0.5) is 0 Å². The van der Waals surface area contributed by atoms with E-state index in [-0.39, 0.29) is 40.0 Å². The number of hydrogen-bond acceptors (Lipinski definition) is 1. The Kier molecular flexibility index (Phi) is 9.84. The fraction of sp³-hybridized carbons (Fsp3) is 0.562. The number of hydrogen-bond donors (Lipinski definition) is 0. The van der Waals surface area contributed by atoms with Crippen molar-refractivity contribution in [2.24, 2.45) is 0 Å². The molecule has 0 unspecified atom stereocenters. The van der Waals surface area contributed by atoms with Gasteiger partial charge in [-0.1, -0.05) is 49.9 Å². The van der Waals surface area contributed by atoms with E-state index in [1.54, 1.807) is 0 Å². The maximum absolute atomic E-state index is 10.2. The second kappa shape index (κ2) is 9.50. The van der Waals surface area contributed by atoms with Gasteiger partial charge in [0.1, 0.15) is 16.5 Å². The van der Waals surface area contributed by atoms with Crippen LogP contribution in [0.1, 0.15) is 18.4 Å². The second-order valence-electron chi connectivity index (χ2n) is 7.33. The molecule has 1 heterocycles. The zero-order valence-electron chi connectivity index (χ0n) is 14.7. The minimum Gasteiger partial charge on any atom is -1.00 e. The first kappa shape index (κ1) is 23.8. The van der Waals surface area contributed by atoms with Gasteiger partial charge in [0, 0.05) is 5.02 Å². The SMILES string of the molecule is C[Si]1(C)CC[Si](C)(C)N1CCCC(=[N-])c1ccc(Cl)cc1.[Br-].[Mg+2]. The van der Waals surface area contributed by atoms with Crippen LogP contribution in [0.15, 0.2) is 24.3 Å². The molecule has 0 amide bonds. The average Bonchev–Trinajstić information content (AvgIpc) is 2.61. The van der Waals surface area contributed by atoms with Crippen LogP contribution in [-0.4, -0.2) is 56.0 Å². The fourth-order valence-electron chi connectivity index (χ4n) is 3.50. The van der Waals surface area contributed by atoms with Crippen molar-refractivity contribution in [2.75, 3.05) is 6.54 Å². The van der Waals surface area contributed by atoms with Crippen LogP contribution in [0.25, 0.3) is 5.41 Å². The minimum absolute atomic E-state index is 0. The van der Waals surface area contributed by atoms with Gasteiger partial charge >= 0.3 is 23.1 Å². The zero-order valence-corrected chi connectivity index (χ0v) is 20.5. The molecule has 1 aromatic carbocycles. The van der Waals surface area contributed by atoms with Gasteiger partial charge in [-0.05, 0) is 49.2 Å². The summed E-state index contributed by atoms with van der Waals surface area (Å²) in [6, 6.07) is 10.3. The monoisotopic (exact) mass is 440 g/mol. The molecule has 23 heavy (non-hydrogen) atoms. The van der Waals surface area contributed by atoms with Crippen molar-refractivity contribution in [3.63, 3.8) is 0 Å². The first-order valence-electron chi connectivity index (χ1n) is 7.81. The number of rotatable bonds is 5. The van der Waals surface area contributed by atoms with Crippen LogP contribution in [0, 0.1) is 0 Å². The molecule has 0 radical (unpaired) electrons. The van der Waals surface area contributed by atoms with Crippen molar-refractivity contribution in [3.8, 4) is 0 Å². The predicted octanol–water partition coefficient (Wildman–Crippen LogP) is 1.83. The Morgan fingerprint density at radius 3 is 2.04 bits per heavy atom. The molecule has 2 nitrogen and oxygen atoms in total. The molecular weight excluding hydrogens is 416 g/mol. The summed E-state index contributed by atoms with van der Waals surface area (Å²) in [4.78, 5) is 0. The molecule has 2 rings (SSSR count). The van der Waals surface area contributed by atoms with Crippen LogP contribution in [0.2, 0.25) is 43.3 Å². The summed E-state index contributed by atoms with van der Waals surface area (Å²) in [7, 11) is -2.35. The molecule has 1 saturated heterocycles. The number of halogens is 2. The van der Waals surface area contributed by atoms with Gasteiger partial charge in [-0.15, -0.1) is 0 Å². The normalized spacial score (nSPS) is 18.8. The van der Waals surface area contributed by atoms with Crippen molar-refractivity contribution >= 4 is 56.8 Å². The van der Waals surface area contributed by atoms with Gasteiger partial charge in [-0.2, -0.15) is 5.71 Å². The van der Waals surface area contributed by atoms with Gasteiger partial charge in [-0.3, -0.25) is 0 Å². The van der Waals surface area contributed by atoms with Crippen LogP contribution in [0.3, 0.4) is 0 Å². The summed E-state index contributed by atoms with van der Waals surface area (Å²) in [6.07, 6.45) is 1.80. The molecule has 1 fully saturated rings. The smallest absolute Gasteiger partial charge is 1.00 e. The van der Waals surface area contributed by atoms with E-state index >= 15 is 0 Å². The third-order valence-electron chi connectivity index (χ3n) is 4.78. The van der Waals surface area contributed by atoms with Gasteiger partial charge in [0.25, 0.3) is 0 Å². The fourth-order valence-corrected chi connectivity index (χ4v) is 17.8. The average molecular weight is 442 g/mol. The minimum atomic E-state index is -1.18. The van der Waals surface area contributed by atoms with Crippen molar-refractivity contribution in [1.82, 2.24) is 4.23 Å². The Balaban J connectivity index is 0.00000242. The molecule has 124 valence electrons. The summed E-state index contributed by atoms with van der Waals surface area (Å²) < 4.78 is 2.87. The molecule has 1 aromatic rings. The van der Waals surface area contributed by atoms with E-state index in [4.69, 9.17) is 11.6 Å². The van der Waals surface area contributed by atoms with Crippen LogP contribution < -0.4 is 17.0 Å². The van der Waals surface area contributed by atoms with E-state index in [1.165, 1.54) is 12.1 Å². The van der Waals surface area contributed by atoms with E-state index in [2.05, 4.69) is 30.4 Å². The van der Waals surface area contributed by atoms with Crippen LogP contribution in [0.5, 0.6) is 0 Å². The standard InChI is InChI=1S/C16H26ClN2Si2.BrH.Mg/c1-20(2)12-13-21(3,4)19(20)11-5-6-16(18)14-7-9-15(17)10-8-14;;/h7-10H,5-6,11-13H2,1-4H3;1H;/q-1;;+2/p-1. The van der Waals surface area contributed by atoms with Crippen LogP contribution in [-0.2, 0) is 0 Å². The Morgan fingerprint density at radius 2 is 1.57 bits per heavy atom. The van der Waals surface area contributed by atoms with Gasteiger partial charge in [0.2, 0.25) is 0 Å². The van der Waals surface area contributed by atoms with E-state index < -0.39 is 16.5 Å². The second-order valence-corrected chi connectivity index (χ2v) is 17.5. The maximum Gasteiger partial charge on any atom is 2.00 e. The quantitative estimate of drug-likeness (QED) is 0.505. The van der Waals surface area contributed by atoms with Crippen LogP contribution >= 0.6 is 11.6 Å². The van der Waals surface area contributed by atoms with Gasteiger partial charge in [-0.25, -0.2) is 0 Å². The Bertz CT molecular complexity index is 507. The van der Waals surface area contributed by atoms with Gasteiger partial charge < -0.3 is 26.6 Å². The van der Waals surface area contributed by atoms with E-state index in [0.717, 1.165) is 24.9 Å². The van der Waals surface area contributed by atoms with Crippen molar-refractivity contribution in [1.29, 1.82) is 0 Å². The molecule has 0 bridgehead atoms. The largest absolute Gasteiger partial charge is 2.00 e. The molecule has 0 aromatic heterocycles. The van der Waals surface area contributed by atoms with Crippen molar-refractivity contribution in [3.05, 3.63) is 40.3 Å². The molecular formula is C16H26BrClMgN2Si2. The maximum atomic E-state index is 10.2. The number of benzene rings is 1. The van der Waals surface area contributed by atoms with Gasteiger partial charge in [0.15, 0.2) is 0 Å². The third kappa shape index (κ3) is 6.24. The topological polar surface area (TPSA) is 25.5 Å². The summed E-state index contributed by atoms with van der Waals surface area (Å²) in [5.41, 5.74) is 1.39. The molecule has 1 aliphatic heterocycles. The molecule has 0 atom stereocenters. The van der Waals surface area contributed by atoms with Gasteiger partial charge in [0.05, 0.1) is 0 Å². The van der Waals surface area contributed by atoms with E-state index in [9.17, 15) is 5.41 Å². The van der Waals surface area contributed by atoms with Crippen molar-refractivity contribution < 1.29 is 17.0 Å². The summed E-state index contributed by atoms with van der Waals surface area (Å²) in [5, 5.41) is 10.9. The molecule has 0 spiro atoms. The first-order valence-corrected chi connectivity index (χ1v) is 14.5. The zero-order chi connectivity index (χ0) is 15.7. The summed E-state index contributed by atoms with van der Waals surface area (Å²) in [5.74, 6) is 0. The predicted molar refractivity (Wildman–Crippen MR) is 105 cm³/mol. The molecule has 0 N–H and O–H groups in total. The molecule has 0 saturated carbocycles. The molecule has 1 aliphatic rings. The summed E-state index contributed by atoms with van der Waals surface area (Å²) in [6.45, 7) is 11.1. The van der Waals surface area contributed by atoms with E-state index in [1.807, 2.05) is 24.3 Å². The summed E-state index contributed by atoms with van der Waals surface area (Å²) >= 11 is 5.88. The third-order valence-corrected chi connectivity index (χ3v) is 15.5.